The molecule has 0 spiro atoms. The summed E-state index contributed by atoms with van der Waals surface area (Å²) in [5.41, 5.74) is 2.56. The fourth-order valence-electron chi connectivity index (χ4n) is 3.49. The van der Waals surface area contributed by atoms with Gasteiger partial charge in [-0.1, -0.05) is 0 Å². The van der Waals surface area contributed by atoms with E-state index in [0.717, 1.165) is 47.9 Å². The van der Waals surface area contributed by atoms with Gasteiger partial charge in [-0.05, 0) is 61.4 Å². The van der Waals surface area contributed by atoms with E-state index in [4.69, 9.17) is 4.74 Å². The van der Waals surface area contributed by atoms with Crippen LogP contribution >= 0.6 is 0 Å². The molecule has 1 aliphatic heterocycles. The molecule has 4 rings (SSSR count). The number of rotatable bonds is 5. The van der Waals surface area contributed by atoms with Crippen molar-refractivity contribution in [3.8, 4) is 17.0 Å². The Labute approximate surface area is 169 Å². The predicted molar refractivity (Wildman–Crippen MR) is 112 cm³/mol. The number of aromatic nitrogens is 3. The molecule has 29 heavy (non-hydrogen) atoms. The van der Waals surface area contributed by atoms with Gasteiger partial charge in [0.1, 0.15) is 5.75 Å². The number of methoxy groups -OCH3 is 1. The highest BCUT2D eigenvalue weighted by molar-refractivity contribution is 5.92. The first kappa shape index (κ1) is 18.9. The van der Waals surface area contributed by atoms with Crippen LogP contribution < -0.4 is 15.0 Å². The molecule has 0 saturated carbocycles. The van der Waals surface area contributed by atoms with Crippen molar-refractivity contribution in [3.63, 3.8) is 0 Å². The Morgan fingerprint density at radius 2 is 1.86 bits per heavy atom. The molecule has 1 fully saturated rings. The smallest absolute Gasteiger partial charge is 0.229 e. The van der Waals surface area contributed by atoms with E-state index in [0.29, 0.717) is 6.54 Å². The molecule has 1 aromatic carbocycles. The minimum Gasteiger partial charge on any atom is -0.497 e. The van der Waals surface area contributed by atoms with Gasteiger partial charge in [0.05, 0.1) is 18.7 Å². The van der Waals surface area contributed by atoms with E-state index in [2.05, 4.69) is 25.4 Å². The van der Waals surface area contributed by atoms with Crippen molar-refractivity contribution in [1.82, 2.24) is 15.2 Å². The van der Waals surface area contributed by atoms with Crippen molar-refractivity contribution < 1.29 is 9.53 Å². The first-order valence-electron chi connectivity index (χ1n) is 9.67. The maximum absolute atomic E-state index is 12.6. The van der Waals surface area contributed by atoms with Crippen LogP contribution in [0, 0.1) is 5.92 Å². The number of hydrogen-bond acceptors (Lipinski definition) is 6. The summed E-state index contributed by atoms with van der Waals surface area (Å²) in [4.78, 5) is 18.7. The van der Waals surface area contributed by atoms with Crippen LogP contribution in [0.1, 0.15) is 12.8 Å². The van der Waals surface area contributed by atoms with Crippen molar-refractivity contribution >= 4 is 17.4 Å². The average molecular weight is 389 g/mol. The van der Waals surface area contributed by atoms with Gasteiger partial charge in [-0.2, -0.15) is 0 Å². The highest BCUT2D eigenvalue weighted by atomic mass is 16.5. The molecule has 1 amide bonds. The predicted octanol–water partition coefficient (Wildman–Crippen LogP) is 3.40. The van der Waals surface area contributed by atoms with Gasteiger partial charge < -0.3 is 15.0 Å². The third-order valence-corrected chi connectivity index (χ3v) is 5.10. The Balaban J connectivity index is 1.42. The minimum atomic E-state index is -0.0834. The molecule has 3 heterocycles. The molecule has 0 bridgehead atoms. The summed E-state index contributed by atoms with van der Waals surface area (Å²) in [7, 11) is 1.65. The van der Waals surface area contributed by atoms with E-state index in [1.165, 1.54) is 0 Å². The van der Waals surface area contributed by atoms with Crippen LogP contribution in [0.2, 0.25) is 0 Å². The summed E-state index contributed by atoms with van der Waals surface area (Å²) in [6, 6.07) is 15.2. The lowest BCUT2D eigenvalue weighted by Gasteiger charge is -2.32. The second kappa shape index (κ2) is 8.68. The Morgan fingerprint density at radius 1 is 1.07 bits per heavy atom. The largest absolute Gasteiger partial charge is 0.497 e. The van der Waals surface area contributed by atoms with E-state index in [1.807, 2.05) is 36.4 Å². The molecule has 1 saturated heterocycles. The van der Waals surface area contributed by atoms with E-state index in [9.17, 15) is 4.79 Å². The Morgan fingerprint density at radius 3 is 2.55 bits per heavy atom. The first-order valence-corrected chi connectivity index (χ1v) is 9.67. The molecular formula is C22H23N5O2. The number of carbonyl (C=O) groups is 1. The van der Waals surface area contributed by atoms with Gasteiger partial charge in [0, 0.05) is 36.7 Å². The van der Waals surface area contributed by atoms with Crippen molar-refractivity contribution in [3.05, 3.63) is 60.9 Å². The Kier molecular flexibility index (Phi) is 5.65. The summed E-state index contributed by atoms with van der Waals surface area (Å²) in [6.07, 6.45) is 5.15. The van der Waals surface area contributed by atoms with Crippen LogP contribution in [0.4, 0.5) is 11.5 Å². The topological polar surface area (TPSA) is 80.2 Å². The quantitative estimate of drug-likeness (QED) is 0.720. The number of pyridine rings is 1. The number of anilines is 2. The third kappa shape index (κ3) is 4.51. The molecule has 0 unspecified atom stereocenters. The monoisotopic (exact) mass is 389 g/mol. The van der Waals surface area contributed by atoms with Gasteiger partial charge in [0.25, 0.3) is 0 Å². The van der Waals surface area contributed by atoms with Crippen LogP contribution in [-0.4, -0.2) is 41.3 Å². The zero-order valence-corrected chi connectivity index (χ0v) is 16.3. The second-order valence-electron chi connectivity index (χ2n) is 7.02. The number of amides is 1. The van der Waals surface area contributed by atoms with Crippen molar-refractivity contribution in [2.45, 2.75) is 12.8 Å². The molecule has 1 N–H and O–H groups in total. The molecule has 7 heteroatoms. The van der Waals surface area contributed by atoms with Gasteiger partial charge in [-0.15, -0.1) is 10.2 Å². The van der Waals surface area contributed by atoms with Gasteiger partial charge in [0.2, 0.25) is 5.91 Å². The zero-order chi connectivity index (χ0) is 20.1. The van der Waals surface area contributed by atoms with E-state index in [-0.39, 0.29) is 11.8 Å². The van der Waals surface area contributed by atoms with Gasteiger partial charge >= 0.3 is 0 Å². The van der Waals surface area contributed by atoms with Crippen molar-refractivity contribution in [2.24, 2.45) is 5.92 Å². The van der Waals surface area contributed by atoms with Gasteiger partial charge in [-0.3, -0.25) is 9.78 Å². The lowest BCUT2D eigenvalue weighted by atomic mass is 9.97. The van der Waals surface area contributed by atoms with Crippen molar-refractivity contribution in [1.29, 1.82) is 0 Å². The molecule has 1 atom stereocenters. The molecule has 0 radical (unpaired) electrons. The van der Waals surface area contributed by atoms with Crippen LogP contribution in [0.5, 0.6) is 5.75 Å². The second-order valence-corrected chi connectivity index (χ2v) is 7.02. The van der Waals surface area contributed by atoms with E-state index < -0.39 is 0 Å². The van der Waals surface area contributed by atoms with E-state index in [1.54, 1.807) is 31.6 Å². The third-order valence-electron chi connectivity index (χ3n) is 5.10. The molecule has 7 nitrogen and oxygen atoms in total. The highest BCUT2D eigenvalue weighted by Crippen LogP contribution is 2.25. The molecular weight excluding hydrogens is 366 g/mol. The van der Waals surface area contributed by atoms with Gasteiger partial charge in [-0.25, -0.2) is 0 Å². The van der Waals surface area contributed by atoms with Crippen molar-refractivity contribution in [2.75, 3.05) is 30.4 Å². The minimum absolute atomic E-state index is 0.0312. The highest BCUT2D eigenvalue weighted by Gasteiger charge is 2.26. The number of carbonyl (C=O) groups excluding carboxylic acids is 1. The average Bonchev–Trinajstić information content (AvgIpc) is 2.80. The number of benzene rings is 1. The lowest BCUT2D eigenvalue weighted by Crippen LogP contribution is -2.41. The maximum atomic E-state index is 12.6. The maximum Gasteiger partial charge on any atom is 0.229 e. The number of hydrogen-bond donors (Lipinski definition) is 1. The lowest BCUT2D eigenvalue weighted by molar-refractivity contribution is -0.120. The molecule has 1 aliphatic rings. The summed E-state index contributed by atoms with van der Waals surface area (Å²) in [5, 5.41) is 11.8. The molecule has 148 valence electrons. The number of nitrogens with zero attached hydrogens (tertiary/aromatic N) is 4. The summed E-state index contributed by atoms with van der Waals surface area (Å²) in [5.74, 6) is 1.55. The summed E-state index contributed by atoms with van der Waals surface area (Å²) < 4.78 is 5.19. The number of nitrogens with one attached hydrogen (secondary N) is 1. The SMILES string of the molecule is COc1ccc(-c2ccc(N3CCC[C@H](C(=O)Nc4ccncc4)C3)nn2)cc1. The molecule has 2 aromatic heterocycles. The summed E-state index contributed by atoms with van der Waals surface area (Å²) in [6.45, 7) is 1.50. The fraction of sp³-hybridized carbons (Fsp3) is 0.273. The van der Waals surface area contributed by atoms with Crippen LogP contribution in [0.25, 0.3) is 11.3 Å². The number of piperidine rings is 1. The van der Waals surface area contributed by atoms with E-state index >= 15 is 0 Å². The number of ether oxygens (including phenoxy) is 1. The van der Waals surface area contributed by atoms with Crippen LogP contribution in [-0.2, 0) is 4.79 Å². The Hall–Kier alpha value is -3.48. The van der Waals surface area contributed by atoms with Gasteiger partial charge in [0.15, 0.2) is 5.82 Å². The molecule has 0 aliphatic carbocycles. The fourth-order valence-corrected chi connectivity index (χ4v) is 3.49. The first-order chi connectivity index (χ1) is 14.2. The zero-order valence-electron chi connectivity index (χ0n) is 16.3. The normalized spacial score (nSPS) is 16.3. The standard InChI is InChI=1S/C22H23N5O2/c1-29-19-6-4-16(5-7-19)20-8-9-21(26-25-20)27-14-2-3-17(15-27)22(28)24-18-10-12-23-13-11-18/h4-13,17H,2-3,14-15H2,1H3,(H,23,24,28)/t17-/m0/s1. The Bertz CT molecular complexity index is 945. The van der Waals surface area contributed by atoms with Crippen LogP contribution in [0.15, 0.2) is 60.9 Å². The molecule has 3 aromatic rings. The van der Waals surface area contributed by atoms with Crippen LogP contribution in [0.3, 0.4) is 0 Å². The summed E-state index contributed by atoms with van der Waals surface area (Å²) >= 11 is 0.